The summed E-state index contributed by atoms with van der Waals surface area (Å²) >= 11 is 0. The van der Waals surface area contributed by atoms with E-state index in [1.165, 1.54) is 24.3 Å². The first-order valence-electron chi connectivity index (χ1n) is 9.50. The smallest absolute Gasteiger partial charge is 0.261 e. The molecule has 3 aromatic rings. The molecule has 0 aliphatic heterocycles. The van der Waals surface area contributed by atoms with Crippen LogP contribution in [0.4, 0.5) is 4.39 Å². The van der Waals surface area contributed by atoms with Crippen LogP contribution in [-0.2, 0) is 29.3 Å². The molecule has 1 amide bonds. The third kappa shape index (κ3) is 6.43. The van der Waals surface area contributed by atoms with Gasteiger partial charge in [-0.1, -0.05) is 54.6 Å². The first kappa shape index (κ1) is 20.6. The van der Waals surface area contributed by atoms with Crippen LogP contribution in [0.15, 0.2) is 78.9 Å². The van der Waals surface area contributed by atoms with Crippen molar-refractivity contribution in [1.29, 1.82) is 0 Å². The van der Waals surface area contributed by atoms with Crippen molar-refractivity contribution >= 4 is 5.91 Å². The number of nitrogens with one attached hydrogen (secondary N) is 1. The van der Waals surface area contributed by atoms with Crippen LogP contribution in [-0.4, -0.2) is 12.0 Å². The fraction of sp³-hybridized carbons (Fsp3) is 0.208. The molecule has 29 heavy (non-hydrogen) atoms. The largest absolute Gasteiger partial charge is 0.481 e. The second kappa shape index (κ2) is 10.4. The maximum atomic E-state index is 13.0. The van der Waals surface area contributed by atoms with E-state index in [0.717, 1.165) is 16.7 Å². The lowest BCUT2D eigenvalue weighted by Crippen LogP contribution is -2.36. The summed E-state index contributed by atoms with van der Waals surface area (Å²) in [6, 6.07) is 23.4. The van der Waals surface area contributed by atoms with E-state index in [1.54, 1.807) is 6.92 Å². The van der Waals surface area contributed by atoms with Gasteiger partial charge in [-0.05, 0) is 47.9 Å². The van der Waals surface area contributed by atoms with Crippen LogP contribution in [0.3, 0.4) is 0 Å². The van der Waals surface area contributed by atoms with E-state index in [0.29, 0.717) is 25.5 Å². The second-order valence-electron chi connectivity index (χ2n) is 6.68. The van der Waals surface area contributed by atoms with Crippen molar-refractivity contribution in [2.75, 3.05) is 0 Å². The van der Waals surface area contributed by atoms with E-state index >= 15 is 0 Å². The molecule has 0 fully saturated rings. The fourth-order valence-electron chi connectivity index (χ4n) is 2.82. The van der Waals surface area contributed by atoms with Crippen molar-refractivity contribution in [3.05, 3.63) is 101 Å². The molecule has 1 atom stereocenters. The number of hydrogen-bond donors (Lipinski definition) is 1. The van der Waals surface area contributed by atoms with Crippen LogP contribution < -0.4 is 10.1 Å². The SMILES string of the molecule is CC(Oc1ccc(F)cc1)C(=O)NCc1ccccc1COCc1ccccc1. The summed E-state index contributed by atoms with van der Waals surface area (Å²) in [5.74, 6) is -0.140. The quantitative estimate of drug-likeness (QED) is 0.577. The van der Waals surface area contributed by atoms with Crippen molar-refractivity contribution in [3.63, 3.8) is 0 Å². The van der Waals surface area contributed by atoms with E-state index in [2.05, 4.69) is 5.32 Å². The number of ether oxygens (including phenoxy) is 2. The average molecular weight is 393 g/mol. The highest BCUT2D eigenvalue weighted by Gasteiger charge is 2.15. The Labute approximate surface area is 170 Å². The summed E-state index contributed by atoms with van der Waals surface area (Å²) in [7, 11) is 0. The van der Waals surface area contributed by atoms with Gasteiger partial charge < -0.3 is 14.8 Å². The van der Waals surface area contributed by atoms with Crippen LogP contribution in [0, 0.1) is 5.82 Å². The highest BCUT2D eigenvalue weighted by atomic mass is 19.1. The van der Waals surface area contributed by atoms with E-state index in [4.69, 9.17) is 9.47 Å². The van der Waals surface area contributed by atoms with Crippen LogP contribution >= 0.6 is 0 Å². The zero-order chi connectivity index (χ0) is 20.5. The molecule has 4 nitrogen and oxygen atoms in total. The van der Waals surface area contributed by atoms with Crippen molar-refractivity contribution in [3.8, 4) is 5.75 Å². The number of benzene rings is 3. The Bertz CT molecular complexity index is 913. The Morgan fingerprint density at radius 3 is 2.28 bits per heavy atom. The lowest BCUT2D eigenvalue weighted by molar-refractivity contribution is -0.127. The lowest BCUT2D eigenvalue weighted by Gasteiger charge is -2.16. The lowest BCUT2D eigenvalue weighted by atomic mass is 10.1. The number of carbonyl (C=O) groups excluding carboxylic acids is 1. The Morgan fingerprint density at radius 1 is 0.897 bits per heavy atom. The van der Waals surface area contributed by atoms with Crippen molar-refractivity contribution in [2.24, 2.45) is 0 Å². The first-order chi connectivity index (χ1) is 14.1. The molecular weight excluding hydrogens is 369 g/mol. The minimum atomic E-state index is -0.693. The van der Waals surface area contributed by atoms with Gasteiger partial charge in [0.2, 0.25) is 0 Å². The molecule has 0 saturated heterocycles. The predicted molar refractivity (Wildman–Crippen MR) is 110 cm³/mol. The number of amides is 1. The minimum Gasteiger partial charge on any atom is -0.481 e. The highest BCUT2D eigenvalue weighted by molar-refractivity contribution is 5.80. The Balaban J connectivity index is 1.50. The molecule has 3 aromatic carbocycles. The summed E-state index contributed by atoms with van der Waals surface area (Å²) < 4.78 is 24.4. The van der Waals surface area contributed by atoms with Crippen LogP contribution in [0.2, 0.25) is 0 Å². The summed E-state index contributed by atoms with van der Waals surface area (Å²) in [6.07, 6.45) is -0.693. The van der Waals surface area contributed by atoms with E-state index < -0.39 is 6.10 Å². The van der Waals surface area contributed by atoms with Gasteiger partial charge in [-0.2, -0.15) is 0 Å². The molecule has 0 aliphatic carbocycles. The monoisotopic (exact) mass is 393 g/mol. The number of carbonyl (C=O) groups is 1. The van der Waals surface area contributed by atoms with Crippen LogP contribution in [0.25, 0.3) is 0 Å². The maximum absolute atomic E-state index is 13.0. The predicted octanol–water partition coefficient (Wildman–Crippen LogP) is 4.63. The Morgan fingerprint density at radius 2 is 1.55 bits per heavy atom. The first-order valence-corrected chi connectivity index (χ1v) is 9.50. The minimum absolute atomic E-state index is 0.241. The molecule has 3 rings (SSSR count). The van der Waals surface area contributed by atoms with E-state index in [-0.39, 0.29) is 11.7 Å². The van der Waals surface area contributed by atoms with Gasteiger partial charge in [-0.3, -0.25) is 4.79 Å². The molecule has 0 aromatic heterocycles. The molecule has 5 heteroatoms. The van der Waals surface area contributed by atoms with Crippen molar-refractivity contribution < 1.29 is 18.7 Å². The molecular formula is C24H24FNO3. The molecule has 0 radical (unpaired) electrons. The molecule has 1 unspecified atom stereocenters. The topological polar surface area (TPSA) is 47.6 Å². The van der Waals surface area contributed by atoms with Gasteiger partial charge in [-0.25, -0.2) is 4.39 Å². The van der Waals surface area contributed by atoms with Gasteiger partial charge in [0.05, 0.1) is 13.2 Å². The summed E-state index contributed by atoms with van der Waals surface area (Å²) in [5.41, 5.74) is 3.13. The summed E-state index contributed by atoms with van der Waals surface area (Å²) in [5, 5.41) is 2.89. The molecule has 0 aliphatic rings. The van der Waals surface area contributed by atoms with Gasteiger partial charge in [0.15, 0.2) is 6.10 Å². The normalized spacial score (nSPS) is 11.7. The maximum Gasteiger partial charge on any atom is 0.261 e. The molecule has 150 valence electrons. The molecule has 0 saturated carbocycles. The zero-order valence-corrected chi connectivity index (χ0v) is 16.3. The van der Waals surface area contributed by atoms with Gasteiger partial charge in [0.1, 0.15) is 11.6 Å². The second-order valence-corrected chi connectivity index (χ2v) is 6.68. The Kier molecular flexibility index (Phi) is 7.36. The van der Waals surface area contributed by atoms with Gasteiger partial charge >= 0.3 is 0 Å². The summed E-state index contributed by atoms with van der Waals surface area (Å²) in [4.78, 5) is 12.4. The number of hydrogen-bond acceptors (Lipinski definition) is 3. The van der Waals surface area contributed by atoms with Crippen molar-refractivity contribution in [2.45, 2.75) is 32.8 Å². The van der Waals surface area contributed by atoms with E-state index in [1.807, 2.05) is 54.6 Å². The standard InChI is InChI=1S/C24H24FNO3/c1-18(29-23-13-11-22(25)12-14-23)24(27)26-15-20-9-5-6-10-21(20)17-28-16-19-7-3-2-4-8-19/h2-14,18H,15-17H2,1H3,(H,26,27). The fourth-order valence-corrected chi connectivity index (χ4v) is 2.82. The van der Waals surface area contributed by atoms with E-state index in [9.17, 15) is 9.18 Å². The van der Waals surface area contributed by atoms with Gasteiger partial charge in [-0.15, -0.1) is 0 Å². The Hall–Kier alpha value is -3.18. The van der Waals surface area contributed by atoms with Gasteiger partial charge in [0.25, 0.3) is 5.91 Å². The third-order valence-electron chi connectivity index (χ3n) is 4.44. The molecule has 1 N–H and O–H groups in total. The molecule has 0 bridgehead atoms. The number of halogens is 1. The summed E-state index contributed by atoms with van der Waals surface area (Å²) in [6.45, 7) is 3.03. The van der Waals surface area contributed by atoms with Crippen molar-refractivity contribution in [1.82, 2.24) is 5.32 Å². The van der Waals surface area contributed by atoms with Crippen LogP contribution in [0.1, 0.15) is 23.6 Å². The number of rotatable bonds is 9. The van der Waals surface area contributed by atoms with Crippen LogP contribution in [0.5, 0.6) is 5.75 Å². The highest BCUT2D eigenvalue weighted by Crippen LogP contribution is 2.14. The molecule has 0 spiro atoms. The van der Waals surface area contributed by atoms with Gasteiger partial charge in [0, 0.05) is 6.54 Å². The molecule has 0 heterocycles. The zero-order valence-electron chi connectivity index (χ0n) is 16.3. The third-order valence-corrected chi connectivity index (χ3v) is 4.44. The average Bonchev–Trinajstić information content (AvgIpc) is 2.75.